The maximum atomic E-state index is 8.72. The predicted octanol–water partition coefficient (Wildman–Crippen LogP) is 2.63. The SMILES string of the molecule is Cn1cc(CC#N)nc1-c1c[nH]c2ccccc12. The average molecular weight is 236 g/mol. The standard InChI is InChI=1S/C14H12N4/c1-18-9-10(6-7-15)17-14(18)12-8-16-13-5-3-2-4-11(12)13/h2-5,8-9,16H,6H2,1H3. The van der Waals surface area contributed by atoms with Crippen LogP contribution < -0.4 is 0 Å². The second-order valence-corrected chi connectivity index (χ2v) is 4.25. The van der Waals surface area contributed by atoms with Crippen molar-refractivity contribution in [2.45, 2.75) is 6.42 Å². The zero-order valence-corrected chi connectivity index (χ0v) is 10.0. The number of aryl methyl sites for hydroxylation is 1. The van der Waals surface area contributed by atoms with Crippen molar-refractivity contribution in [2.75, 3.05) is 0 Å². The number of benzene rings is 1. The number of nitrogens with one attached hydrogen (secondary N) is 1. The number of aromatic nitrogens is 3. The van der Waals surface area contributed by atoms with Crippen LogP contribution in [-0.4, -0.2) is 14.5 Å². The molecule has 0 aliphatic carbocycles. The Hall–Kier alpha value is -2.54. The number of nitriles is 1. The lowest BCUT2D eigenvalue weighted by atomic mass is 10.1. The van der Waals surface area contributed by atoms with Gasteiger partial charge in [-0.3, -0.25) is 0 Å². The van der Waals surface area contributed by atoms with Gasteiger partial charge >= 0.3 is 0 Å². The fourth-order valence-electron chi connectivity index (χ4n) is 2.20. The highest BCUT2D eigenvalue weighted by atomic mass is 15.0. The average Bonchev–Trinajstić information content (AvgIpc) is 2.93. The van der Waals surface area contributed by atoms with Crippen LogP contribution in [0.1, 0.15) is 5.69 Å². The summed E-state index contributed by atoms with van der Waals surface area (Å²) < 4.78 is 1.96. The van der Waals surface area contributed by atoms with Gasteiger partial charge in [-0.05, 0) is 6.07 Å². The molecule has 1 aromatic carbocycles. The molecule has 0 amide bonds. The maximum absolute atomic E-state index is 8.72. The molecule has 3 rings (SSSR count). The lowest BCUT2D eigenvalue weighted by molar-refractivity contribution is 0.925. The smallest absolute Gasteiger partial charge is 0.142 e. The molecule has 0 fully saturated rings. The first-order chi connectivity index (χ1) is 8.79. The Bertz CT molecular complexity index is 743. The van der Waals surface area contributed by atoms with Crippen LogP contribution in [0.15, 0.2) is 36.7 Å². The Morgan fingerprint density at radius 2 is 2.22 bits per heavy atom. The van der Waals surface area contributed by atoms with E-state index in [1.54, 1.807) is 0 Å². The molecule has 0 saturated heterocycles. The lowest BCUT2D eigenvalue weighted by Gasteiger charge is -1.98. The minimum absolute atomic E-state index is 0.343. The van der Waals surface area contributed by atoms with E-state index >= 15 is 0 Å². The van der Waals surface area contributed by atoms with E-state index in [2.05, 4.69) is 22.1 Å². The number of hydrogen-bond acceptors (Lipinski definition) is 2. The number of aromatic amines is 1. The van der Waals surface area contributed by atoms with Gasteiger partial charge in [0.05, 0.1) is 18.2 Å². The molecule has 2 aromatic heterocycles. The molecule has 0 aliphatic rings. The van der Waals surface area contributed by atoms with Crippen molar-refractivity contribution in [3.05, 3.63) is 42.4 Å². The second kappa shape index (κ2) is 4.04. The van der Waals surface area contributed by atoms with Gasteiger partial charge in [0.2, 0.25) is 0 Å². The van der Waals surface area contributed by atoms with E-state index in [1.807, 2.05) is 42.2 Å². The zero-order chi connectivity index (χ0) is 12.5. The third-order valence-electron chi connectivity index (χ3n) is 3.02. The van der Waals surface area contributed by atoms with Crippen molar-refractivity contribution in [1.29, 1.82) is 5.26 Å². The summed E-state index contributed by atoms with van der Waals surface area (Å²) >= 11 is 0. The number of rotatable bonds is 2. The first kappa shape index (κ1) is 10.6. The summed E-state index contributed by atoms with van der Waals surface area (Å²) in [6, 6.07) is 10.2. The predicted molar refractivity (Wildman–Crippen MR) is 69.8 cm³/mol. The number of fused-ring (bicyclic) bond motifs is 1. The normalized spacial score (nSPS) is 10.7. The third kappa shape index (κ3) is 1.57. The summed E-state index contributed by atoms with van der Waals surface area (Å²) in [6.45, 7) is 0. The molecule has 3 aromatic rings. The monoisotopic (exact) mass is 236 g/mol. The van der Waals surface area contributed by atoms with E-state index in [0.29, 0.717) is 6.42 Å². The number of H-pyrrole nitrogens is 1. The summed E-state index contributed by atoms with van der Waals surface area (Å²) in [6.07, 6.45) is 4.21. The van der Waals surface area contributed by atoms with Gasteiger partial charge in [-0.2, -0.15) is 5.26 Å². The third-order valence-corrected chi connectivity index (χ3v) is 3.02. The van der Waals surface area contributed by atoms with Crippen molar-refractivity contribution < 1.29 is 0 Å². The minimum Gasteiger partial charge on any atom is -0.360 e. The molecule has 0 spiro atoms. The lowest BCUT2D eigenvalue weighted by Crippen LogP contribution is -1.89. The van der Waals surface area contributed by atoms with Crippen LogP contribution >= 0.6 is 0 Å². The summed E-state index contributed by atoms with van der Waals surface area (Å²) in [4.78, 5) is 7.75. The molecular weight excluding hydrogens is 224 g/mol. The van der Waals surface area contributed by atoms with Crippen LogP contribution in [0.3, 0.4) is 0 Å². The van der Waals surface area contributed by atoms with Gasteiger partial charge in [-0.25, -0.2) is 4.98 Å². The van der Waals surface area contributed by atoms with Crippen LogP contribution in [0.25, 0.3) is 22.3 Å². The van der Waals surface area contributed by atoms with Crippen molar-refractivity contribution >= 4 is 10.9 Å². The molecule has 18 heavy (non-hydrogen) atoms. The molecular formula is C14H12N4. The van der Waals surface area contributed by atoms with Crippen molar-refractivity contribution in [3.8, 4) is 17.5 Å². The van der Waals surface area contributed by atoms with E-state index in [9.17, 15) is 0 Å². The van der Waals surface area contributed by atoms with E-state index in [4.69, 9.17) is 5.26 Å². The molecule has 0 radical (unpaired) electrons. The van der Waals surface area contributed by atoms with Crippen LogP contribution in [0, 0.1) is 11.3 Å². The van der Waals surface area contributed by atoms with Gasteiger partial charge in [0, 0.05) is 35.9 Å². The maximum Gasteiger partial charge on any atom is 0.142 e. The number of hydrogen-bond donors (Lipinski definition) is 1. The van der Waals surface area contributed by atoms with E-state index in [-0.39, 0.29) is 0 Å². The molecule has 2 heterocycles. The molecule has 0 bridgehead atoms. The molecule has 1 N–H and O–H groups in total. The Labute approximate surface area is 105 Å². The fourth-order valence-corrected chi connectivity index (χ4v) is 2.20. The Morgan fingerprint density at radius 1 is 1.39 bits per heavy atom. The van der Waals surface area contributed by atoms with Crippen LogP contribution in [-0.2, 0) is 13.5 Å². The minimum atomic E-state index is 0.343. The van der Waals surface area contributed by atoms with Gasteiger partial charge in [-0.15, -0.1) is 0 Å². The van der Waals surface area contributed by atoms with Gasteiger partial charge in [0.1, 0.15) is 5.82 Å². The molecule has 88 valence electrons. The molecule has 4 nitrogen and oxygen atoms in total. The highest BCUT2D eigenvalue weighted by Gasteiger charge is 2.11. The molecule has 4 heteroatoms. The topological polar surface area (TPSA) is 57.4 Å². The van der Waals surface area contributed by atoms with Crippen molar-refractivity contribution in [3.63, 3.8) is 0 Å². The number of nitrogens with zero attached hydrogens (tertiary/aromatic N) is 3. The largest absolute Gasteiger partial charge is 0.360 e. The molecule has 0 unspecified atom stereocenters. The summed E-state index contributed by atoms with van der Waals surface area (Å²) in [5.41, 5.74) is 2.97. The van der Waals surface area contributed by atoms with Gasteiger partial charge in [0.25, 0.3) is 0 Å². The van der Waals surface area contributed by atoms with Crippen molar-refractivity contribution in [1.82, 2.24) is 14.5 Å². The quantitative estimate of drug-likeness (QED) is 0.743. The second-order valence-electron chi connectivity index (χ2n) is 4.25. The van der Waals surface area contributed by atoms with Gasteiger partial charge in [-0.1, -0.05) is 18.2 Å². The van der Waals surface area contributed by atoms with E-state index in [0.717, 1.165) is 28.0 Å². The number of para-hydroxylation sites is 1. The van der Waals surface area contributed by atoms with Crippen LogP contribution in [0.5, 0.6) is 0 Å². The Kier molecular flexibility index (Phi) is 2.38. The van der Waals surface area contributed by atoms with E-state index < -0.39 is 0 Å². The highest BCUT2D eigenvalue weighted by molar-refractivity contribution is 5.93. The molecule has 0 aliphatic heterocycles. The molecule has 0 atom stereocenters. The van der Waals surface area contributed by atoms with Gasteiger partial charge in [0.15, 0.2) is 0 Å². The first-order valence-electron chi connectivity index (χ1n) is 5.75. The fraction of sp³-hybridized carbons (Fsp3) is 0.143. The highest BCUT2D eigenvalue weighted by Crippen LogP contribution is 2.27. The first-order valence-corrected chi connectivity index (χ1v) is 5.75. The van der Waals surface area contributed by atoms with Crippen molar-refractivity contribution in [2.24, 2.45) is 7.05 Å². The Morgan fingerprint density at radius 3 is 3.06 bits per heavy atom. The van der Waals surface area contributed by atoms with E-state index in [1.165, 1.54) is 0 Å². The van der Waals surface area contributed by atoms with Crippen LogP contribution in [0.4, 0.5) is 0 Å². The van der Waals surface area contributed by atoms with Crippen LogP contribution in [0.2, 0.25) is 0 Å². The summed E-state index contributed by atoms with van der Waals surface area (Å²) in [7, 11) is 1.95. The summed E-state index contributed by atoms with van der Waals surface area (Å²) in [5, 5.41) is 9.86. The summed E-state index contributed by atoms with van der Waals surface area (Å²) in [5.74, 6) is 0.887. The number of imidazole rings is 1. The Balaban J connectivity index is 2.17. The zero-order valence-electron chi connectivity index (χ0n) is 10.0. The van der Waals surface area contributed by atoms with Gasteiger partial charge < -0.3 is 9.55 Å². The molecule has 0 saturated carbocycles.